The summed E-state index contributed by atoms with van der Waals surface area (Å²) < 4.78 is 30.0. The molecule has 0 aromatic carbocycles. The normalized spacial score (nSPS) is 13.4. The summed E-state index contributed by atoms with van der Waals surface area (Å²) in [5.41, 5.74) is 0. The number of aliphatic hydroxyl groups is 1. The zero-order valence-electron chi connectivity index (χ0n) is 7.98. The molecule has 0 fully saturated rings. The van der Waals surface area contributed by atoms with Gasteiger partial charge in [-0.3, -0.25) is 0 Å². The molecule has 7 nitrogen and oxygen atoms in total. The van der Waals surface area contributed by atoms with Crippen LogP contribution in [-0.2, 0) is 14.9 Å². The van der Waals surface area contributed by atoms with Crippen molar-refractivity contribution in [2.75, 3.05) is 13.7 Å². The van der Waals surface area contributed by atoms with Crippen molar-refractivity contribution in [3.63, 3.8) is 0 Å². The van der Waals surface area contributed by atoms with Crippen molar-refractivity contribution in [1.82, 2.24) is 9.44 Å². The summed E-state index contributed by atoms with van der Waals surface area (Å²) in [5, 5.41) is 8.71. The number of amides is 1. The first-order valence-electron chi connectivity index (χ1n) is 3.94. The van der Waals surface area contributed by atoms with Crippen molar-refractivity contribution in [3.8, 4) is 0 Å². The average molecular weight is 226 g/mol. The largest absolute Gasteiger partial charge is 0.452 e. The van der Waals surface area contributed by atoms with Crippen molar-refractivity contribution in [2.45, 2.75) is 19.4 Å². The van der Waals surface area contributed by atoms with Crippen LogP contribution in [0.1, 0.15) is 13.3 Å². The number of rotatable bonds is 5. The van der Waals surface area contributed by atoms with Gasteiger partial charge in [-0.25, -0.2) is 9.52 Å². The molecule has 0 rings (SSSR count). The zero-order valence-corrected chi connectivity index (χ0v) is 8.80. The van der Waals surface area contributed by atoms with Crippen LogP contribution in [0.3, 0.4) is 0 Å². The van der Waals surface area contributed by atoms with E-state index in [2.05, 4.69) is 9.46 Å². The van der Waals surface area contributed by atoms with Crippen molar-refractivity contribution in [3.05, 3.63) is 0 Å². The number of hydrogen-bond acceptors (Lipinski definition) is 5. The van der Waals surface area contributed by atoms with E-state index in [1.807, 2.05) is 0 Å². The van der Waals surface area contributed by atoms with E-state index in [-0.39, 0.29) is 6.61 Å². The fourth-order valence-corrected chi connectivity index (χ4v) is 1.69. The summed E-state index contributed by atoms with van der Waals surface area (Å²) in [4.78, 5) is 10.6. The zero-order chi connectivity index (χ0) is 11.2. The molecule has 0 saturated heterocycles. The Balaban J connectivity index is 4.27. The number of carbonyl (C=O) groups is 1. The van der Waals surface area contributed by atoms with Crippen LogP contribution in [0.4, 0.5) is 4.79 Å². The van der Waals surface area contributed by atoms with Crippen LogP contribution in [0.2, 0.25) is 0 Å². The molecule has 8 heteroatoms. The Bertz CT molecular complexity index is 272. The molecule has 0 bridgehead atoms. The Kier molecular flexibility index (Phi) is 5.43. The van der Waals surface area contributed by atoms with E-state index in [1.54, 1.807) is 11.6 Å². The molecule has 0 unspecified atom stereocenters. The van der Waals surface area contributed by atoms with Gasteiger partial charge in [-0.1, -0.05) is 6.92 Å². The minimum absolute atomic E-state index is 0.335. The topological polar surface area (TPSA) is 105 Å². The van der Waals surface area contributed by atoms with E-state index in [9.17, 15) is 13.2 Å². The number of carbonyl (C=O) groups excluding carboxylic acids is 1. The summed E-state index contributed by atoms with van der Waals surface area (Å²) in [5.74, 6) is 0. The van der Waals surface area contributed by atoms with Crippen molar-refractivity contribution >= 4 is 16.3 Å². The quantitative estimate of drug-likeness (QED) is 0.554. The lowest BCUT2D eigenvalue weighted by molar-refractivity contribution is 0.177. The first-order chi connectivity index (χ1) is 6.45. The van der Waals surface area contributed by atoms with E-state index in [0.29, 0.717) is 6.42 Å². The first kappa shape index (κ1) is 13.1. The Hall–Kier alpha value is -0.860. The van der Waals surface area contributed by atoms with Gasteiger partial charge in [-0.2, -0.15) is 13.1 Å². The molecule has 3 N–H and O–H groups in total. The van der Waals surface area contributed by atoms with Crippen LogP contribution in [0.15, 0.2) is 0 Å². The Morgan fingerprint density at radius 3 is 2.50 bits per heavy atom. The summed E-state index contributed by atoms with van der Waals surface area (Å²) in [6.07, 6.45) is -0.663. The fraction of sp³-hybridized carbons (Fsp3) is 0.833. The lowest BCUT2D eigenvalue weighted by atomic mass is 10.3. The summed E-state index contributed by atoms with van der Waals surface area (Å²) in [7, 11) is -2.90. The third-order valence-corrected chi connectivity index (χ3v) is 2.52. The van der Waals surface area contributed by atoms with Gasteiger partial charge in [0.15, 0.2) is 0 Å². The maximum absolute atomic E-state index is 11.1. The van der Waals surface area contributed by atoms with Crippen molar-refractivity contribution in [2.24, 2.45) is 0 Å². The third kappa shape index (κ3) is 5.00. The molecule has 0 aliphatic carbocycles. The molecule has 0 heterocycles. The standard InChI is InChI=1S/C6H14N2O5S/c1-3-5(4-9)7-14(11,12)8-6(10)13-2/h5,7,9H,3-4H2,1-2H3,(H,8,10)/t5-/m1/s1. The van der Waals surface area contributed by atoms with Crippen molar-refractivity contribution < 1.29 is 23.1 Å². The maximum atomic E-state index is 11.1. The number of methoxy groups -OCH3 is 1. The minimum atomic E-state index is -3.95. The predicted molar refractivity (Wildman–Crippen MR) is 48.8 cm³/mol. The van der Waals surface area contributed by atoms with E-state index >= 15 is 0 Å². The molecule has 0 aromatic rings. The lowest BCUT2D eigenvalue weighted by Crippen LogP contribution is -2.46. The van der Waals surface area contributed by atoms with Gasteiger partial charge in [0.05, 0.1) is 13.7 Å². The van der Waals surface area contributed by atoms with Crippen molar-refractivity contribution in [1.29, 1.82) is 0 Å². The molecule has 84 valence electrons. The monoisotopic (exact) mass is 226 g/mol. The molecule has 14 heavy (non-hydrogen) atoms. The van der Waals surface area contributed by atoms with Crippen LogP contribution >= 0.6 is 0 Å². The predicted octanol–water partition coefficient (Wildman–Crippen LogP) is -1.05. The Morgan fingerprint density at radius 2 is 2.14 bits per heavy atom. The van der Waals surface area contributed by atoms with E-state index in [1.165, 1.54) is 0 Å². The second kappa shape index (κ2) is 5.78. The van der Waals surface area contributed by atoms with Crippen LogP contribution in [-0.4, -0.2) is 39.4 Å². The van der Waals surface area contributed by atoms with Crippen LogP contribution in [0.25, 0.3) is 0 Å². The van der Waals surface area contributed by atoms with Crippen LogP contribution in [0.5, 0.6) is 0 Å². The lowest BCUT2D eigenvalue weighted by Gasteiger charge is -2.13. The Morgan fingerprint density at radius 1 is 1.57 bits per heavy atom. The highest BCUT2D eigenvalue weighted by atomic mass is 32.2. The number of hydrogen-bond donors (Lipinski definition) is 3. The summed E-state index contributed by atoms with van der Waals surface area (Å²) in [6.45, 7) is 1.36. The molecule has 0 aliphatic rings. The van der Waals surface area contributed by atoms with Gasteiger partial charge < -0.3 is 9.84 Å². The molecular weight excluding hydrogens is 212 g/mol. The first-order valence-corrected chi connectivity index (χ1v) is 5.42. The average Bonchev–Trinajstić information content (AvgIpc) is 2.13. The molecule has 0 aromatic heterocycles. The number of ether oxygens (including phenoxy) is 1. The van der Waals surface area contributed by atoms with Crippen LogP contribution < -0.4 is 9.44 Å². The molecule has 1 amide bonds. The van der Waals surface area contributed by atoms with Gasteiger partial charge in [-0.05, 0) is 6.42 Å². The molecule has 1 atom stereocenters. The van der Waals surface area contributed by atoms with Gasteiger partial charge in [0.1, 0.15) is 0 Å². The second-order valence-electron chi connectivity index (χ2n) is 2.50. The highest BCUT2D eigenvalue weighted by molar-refractivity contribution is 7.88. The number of aliphatic hydroxyl groups excluding tert-OH is 1. The van der Waals surface area contributed by atoms with Gasteiger partial charge in [0.25, 0.3) is 0 Å². The highest BCUT2D eigenvalue weighted by Gasteiger charge is 2.18. The molecule has 0 saturated carbocycles. The van der Waals surface area contributed by atoms with Gasteiger partial charge >= 0.3 is 16.3 Å². The highest BCUT2D eigenvalue weighted by Crippen LogP contribution is 1.91. The number of nitrogens with one attached hydrogen (secondary N) is 2. The van der Waals surface area contributed by atoms with E-state index < -0.39 is 22.3 Å². The summed E-state index contributed by atoms with van der Waals surface area (Å²) >= 11 is 0. The third-order valence-electron chi connectivity index (χ3n) is 1.44. The van der Waals surface area contributed by atoms with Gasteiger partial charge in [0, 0.05) is 6.04 Å². The SMILES string of the molecule is CC[C@H](CO)NS(=O)(=O)NC(=O)OC. The molecule has 0 spiro atoms. The summed E-state index contributed by atoms with van der Waals surface area (Å²) in [6, 6.07) is -0.614. The smallest absolute Gasteiger partial charge is 0.421 e. The van der Waals surface area contributed by atoms with Gasteiger partial charge in [-0.15, -0.1) is 0 Å². The molecule has 0 radical (unpaired) electrons. The van der Waals surface area contributed by atoms with Gasteiger partial charge in [0.2, 0.25) is 0 Å². The maximum Gasteiger partial charge on any atom is 0.421 e. The Labute approximate surface area is 82.6 Å². The van der Waals surface area contributed by atoms with E-state index in [0.717, 1.165) is 7.11 Å². The van der Waals surface area contributed by atoms with E-state index in [4.69, 9.17) is 5.11 Å². The molecular formula is C6H14N2O5S. The molecule has 0 aliphatic heterocycles. The fourth-order valence-electron chi connectivity index (χ4n) is 0.650. The minimum Gasteiger partial charge on any atom is -0.452 e. The van der Waals surface area contributed by atoms with Crippen LogP contribution in [0, 0.1) is 0 Å². The second-order valence-corrected chi connectivity index (χ2v) is 3.95.